The lowest BCUT2D eigenvalue weighted by Gasteiger charge is -2.08. The summed E-state index contributed by atoms with van der Waals surface area (Å²) in [5.74, 6) is 0.355. The number of anilines is 2. The third kappa shape index (κ3) is 3.82. The smallest absolute Gasteiger partial charge is 0.238 e. The summed E-state index contributed by atoms with van der Waals surface area (Å²) in [7, 11) is -3.79. The van der Waals surface area contributed by atoms with Crippen LogP contribution < -0.4 is 10.5 Å². The monoisotopic (exact) mass is 408 g/mol. The first-order valence-electron chi connectivity index (χ1n) is 9.01. The Morgan fingerprint density at radius 3 is 2.72 bits per heavy atom. The van der Waals surface area contributed by atoms with Crippen molar-refractivity contribution in [2.75, 3.05) is 5.32 Å². The van der Waals surface area contributed by atoms with Crippen molar-refractivity contribution in [3.63, 3.8) is 0 Å². The van der Waals surface area contributed by atoms with Crippen LogP contribution in [0.4, 0.5) is 11.6 Å². The number of primary sulfonamides is 1. The van der Waals surface area contributed by atoms with Crippen LogP contribution >= 0.6 is 0 Å². The first-order chi connectivity index (χ1) is 13.8. The quantitative estimate of drug-likeness (QED) is 0.522. The number of fused-ring (bicyclic) bond motifs is 1. The highest BCUT2D eigenvalue weighted by molar-refractivity contribution is 7.89. The molecule has 0 radical (unpaired) electrons. The topological polar surface area (TPSA) is 116 Å². The van der Waals surface area contributed by atoms with Crippen LogP contribution in [-0.2, 0) is 10.0 Å². The van der Waals surface area contributed by atoms with Crippen LogP contribution in [0.15, 0.2) is 66.1 Å². The average molecular weight is 408 g/mol. The highest BCUT2D eigenvalue weighted by Gasteiger charge is 2.14. The Bertz CT molecular complexity index is 1300. The lowest BCUT2D eigenvalue weighted by atomic mass is 10.1. The van der Waals surface area contributed by atoms with Gasteiger partial charge < -0.3 is 9.88 Å². The van der Waals surface area contributed by atoms with E-state index in [2.05, 4.69) is 44.9 Å². The molecule has 0 saturated carbocycles. The van der Waals surface area contributed by atoms with Gasteiger partial charge in [-0.25, -0.2) is 23.5 Å². The van der Waals surface area contributed by atoms with Crippen molar-refractivity contribution in [1.29, 1.82) is 0 Å². The van der Waals surface area contributed by atoms with Gasteiger partial charge in [0.25, 0.3) is 0 Å². The van der Waals surface area contributed by atoms with Gasteiger partial charge >= 0.3 is 0 Å². The van der Waals surface area contributed by atoms with Crippen LogP contribution in [0.2, 0.25) is 0 Å². The maximum Gasteiger partial charge on any atom is 0.238 e. The molecule has 0 fully saturated rings. The van der Waals surface area contributed by atoms with Gasteiger partial charge in [0.2, 0.25) is 16.0 Å². The second-order valence-electron chi connectivity index (χ2n) is 6.90. The number of nitrogens with two attached hydrogens (primary N) is 1. The minimum Gasteiger partial charge on any atom is -0.343 e. The van der Waals surface area contributed by atoms with E-state index >= 15 is 0 Å². The Kier molecular flexibility index (Phi) is 4.77. The summed E-state index contributed by atoms with van der Waals surface area (Å²) in [6.07, 6.45) is 7.33. The molecule has 0 amide bonds. The summed E-state index contributed by atoms with van der Waals surface area (Å²) >= 11 is 0. The summed E-state index contributed by atoms with van der Waals surface area (Å²) in [4.78, 5) is 13.1. The van der Waals surface area contributed by atoms with E-state index in [1.165, 1.54) is 12.1 Å². The minimum absolute atomic E-state index is 0.0196. The fraction of sp³-hybridized carbons (Fsp3) is 0.150. The Morgan fingerprint density at radius 1 is 1.14 bits per heavy atom. The number of hydrogen-bond donors (Lipinski definition) is 2. The molecule has 3 N–H and O–H groups in total. The molecule has 0 aliphatic rings. The van der Waals surface area contributed by atoms with Gasteiger partial charge in [-0.05, 0) is 44.2 Å². The Balaban J connectivity index is 1.73. The molecule has 0 bridgehead atoms. The van der Waals surface area contributed by atoms with Crippen molar-refractivity contribution in [2.45, 2.75) is 24.8 Å². The van der Waals surface area contributed by atoms with Gasteiger partial charge in [-0.15, -0.1) is 0 Å². The zero-order chi connectivity index (χ0) is 20.6. The maximum absolute atomic E-state index is 11.6. The molecule has 0 atom stereocenters. The Labute approximate surface area is 168 Å². The molecule has 29 heavy (non-hydrogen) atoms. The molecule has 9 heteroatoms. The lowest BCUT2D eigenvalue weighted by Crippen LogP contribution is -2.12. The molecule has 3 heterocycles. The molecule has 4 rings (SSSR count). The van der Waals surface area contributed by atoms with Gasteiger partial charge in [0.1, 0.15) is 0 Å². The third-order valence-corrected chi connectivity index (χ3v) is 5.45. The van der Waals surface area contributed by atoms with Gasteiger partial charge in [-0.3, -0.25) is 4.98 Å². The van der Waals surface area contributed by atoms with Crippen LogP contribution in [0, 0.1) is 0 Å². The standard InChI is InChI=1S/C20H20N6O2S/c1-13(2)26-12-17(16-6-8-22-11-19(16)26)18-7-9-23-20(25-18)24-14-4-3-5-15(10-14)29(21,27)28/h3-13H,1-2H3,(H2,21,27,28)(H,23,24,25). The largest absolute Gasteiger partial charge is 0.343 e. The van der Waals surface area contributed by atoms with Crippen molar-refractivity contribution in [3.05, 3.63) is 61.2 Å². The van der Waals surface area contributed by atoms with E-state index in [1.807, 2.05) is 18.3 Å². The molecule has 0 spiro atoms. The van der Waals surface area contributed by atoms with Gasteiger partial charge in [0.05, 0.1) is 22.3 Å². The fourth-order valence-electron chi connectivity index (χ4n) is 3.18. The zero-order valence-corrected chi connectivity index (χ0v) is 16.8. The molecule has 8 nitrogen and oxygen atoms in total. The zero-order valence-electron chi connectivity index (χ0n) is 15.9. The highest BCUT2D eigenvalue weighted by atomic mass is 32.2. The summed E-state index contributed by atoms with van der Waals surface area (Å²) in [6, 6.07) is 10.3. The second-order valence-corrected chi connectivity index (χ2v) is 8.46. The number of benzene rings is 1. The summed E-state index contributed by atoms with van der Waals surface area (Å²) < 4.78 is 25.3. The molecular weight excluding hydrogens is 388 g/mol. The molecule has 148 valence electrons. The first kappa shape index (κ1) is 19.0. The van der Waals surface area contributed by atoms with Crippen molar-refractivity contribution >= 4 is 32.6 Å². The molecular formula is C20H20N6O2S. The Morgan fingerprint density at radius 2 is 1.97 bits per heavy atom. The van der Waals surface area contributed by atoms with E-state index in [0.29, 0.717) is 11.6 Å². The van der Waals surface area contributed by atoms with E-state index in [1.54, 1.807) is 24.5 Å². The number of hydrogen-bond acceptors (Lipinski definition) is 6. The van der Waals surface area contributed by atoms with E-state index < -0.39 is 10.0 Å². The SMILES string of the molecule is CC(C)n1cc(-c2ccnc(Nc3cccc(S(N)(=O)=O)c3)n2)c2ccncc21. The normalized spacial score (nSPS) is 11.9. The van der Waals surface area contributed by atoms with E-state index in [-0.39, 0.29) is 10.9 Å². The number of sulfonamides is 1. The molecule has 0 saturated heterocycles. The van der Waals surface area contributed by atoms with E-state index in [9.17, 15) is 8.42 Å². The van der Waals surface area contributed by atoms with Gasteiger partial charge in [0, 0.05) is 41.3 Å². The van der Waals surface area contributed by atoms with Crippen molar-refractivity contribution in [1.82, 2.24) is 19.5 Å². The lowest BCUT2D eigenvalue weighted by molar-refractivity contribution is 0.598. The van der Waals surface area contributed by atoms with Gasteiger partial charge in [0.15, 0.2) is 0 Å². The van der Waals surface area contributed by atoms with Gasteiger partial charge in [-0.2, -0.15) is 0 Å². The first-order valence-corrected chi connectivity index (χ1v) is 10.6. The van der Waals surface area contributed by atoms with Crippen molar-refractivity contribution in [3.8, 4) is 11.3 Å². The molecule has 1 aromatic carbocycles. The maximum atomic E-state index is 11.6. The summed E-state index contributed by atoms with van der Waals surface area (Å²) in [6.45, 7) is 4.23. The Hall–Kier alpha value is -3.30. The number of nitrogens with one attached hydrogen (secondary N) is 1. The number of aromatic nitrogens is 4. The number of pyridine rings is 1. The van der Waals surface area contributed by atoms with Crippen LogP contribution in [0.5, 0.6) is 0 Å². The minimum atomic E-state index is -3.79. The van der Waals surface area contributed by atoms with Gasteiger partial charge in [-0.1, -0.05) is 6.07 Å². The van der Waals surface area contributed by atoms with E-state index in [4.69, 9.17) is 5.14 Å². The van der Waals surface area contributed by atoms with Crippen LogP contribution in [0.25, 0.3) is 22.2 Å². The van der Waals surface area contributed by atoms with Crippen LogP contribution in [-0.4, -0.2) is 27.9 Å². The second kappa shape index (κ2) is 7.26. The molecule has 0 unspecified atom stereocenters. The summed E-state index contributed by atoms with van der Waals surface area (Å²) in [5.41, 5.74) is 3.29. The fourth-order valence-corrected chi connectivity index (χ4v) is 3.74. The predicted molar refractivity (Wildman–Crippen MR) is 112 cm³/mol. The van der Waals surface area contributed by atoms with Crippen molar-refractivity contribution < 1.29 is 8.42 Å². The number of rotatable bonds is 5. The van der Waals surface area contributed by atoms with Crippen molar-refractivity contribution in [2.24, 2.45) is 5.14 Å². The van der Waals surface area contributed by atoms with Crippen LogP contribution in [0.3, 0.4) is 0 Å². The summed E-state index contributed by atoms with van der Waals surface area (Å²) in [5, 5.41) is 9.30. The van der Waals surface area contributed by atoms with Crippen LogP contribution in [0.1, 0.15) is 19.9 Å². The molecule has 4 aromatic rings. The average Bonchev–Trinajstić information content (AvgIpc) is 3.08. The third-order valence-electron chi connectivity index (χ3n) is 4.54. The molecule has 0 aliphatic carbocycles. The molecule has 0 aliphatic heterocycles. The highest BCUT2D eigenvalue weighted by Crippen LogP contribution is 2.31. The molecule has 3 aromatic heterocycles. The van der Waals surface area contributed by atoms with E-state index in [0.717, 1.165) is 22.2 Å². The predicted octanol–water partition coefficient (Wildman–Crippen LogP) is 3.47. The number of nitrogens with zero attached hydrogens (tertiary/aromatic N) is 4.